The van der Waals surface area contributed by atoms with E-state index in [9.17, 15) is 4.79 Å². The number of benzene rings is 1. The number of anilines is 1. The highest BCUT2D eigenvalue weighted by molar-refractivity contribution is 6.00. The summed E-state index contributed by atoms with van der Waals surface area (Å²) in [6.45, 7) is 4.64. The van der Waals surface area contributed by atoms with E-state index in [1.54, 1.807) is 21.0 Å². The Hall–Kier alpha value is -2.63. The maximum atomic E-state index is 12.5. The minimum atomic E-state index is -0.146. The first kappa shape index (κ1) is 18.7. The number of unbranched alkanes of at least 4 members (excludes halogenated alkanes) is 2. The number of aryl methyl sites for hydroxylation is 1. The average molecular weight is 342 g/mol. The predicted molar refractivity (Wildman–Crippen MR) is 99.7 cm³/mol. The lowest BCUT2D eigenvalue weighted by molar-refractivity contribution is 0.0827. The number of ether oxygens (including phenoxy) is 1. The first-order valence-electron chi connectivity index (χ1n) is 8.53. The van der Waals surface area contributed by atoms with Gasteiger partial charge in [0.15, 0.2) is 0 Å². The van der Waals surface area contributed by atoms with Gasteiger partial charge in [-0.15, -0.1) is 0 Å². The van der Waals surface area contributed by atoms with Crippen LogP contribution in [0.3, 0.4) is 0 Å². The molecule has 0 fully saturated rings. The molecule has 0 bridgehead atoms. The molecule has 0 saturated carbocycles. The summed E-state index contributed by atoms with van der Waals surface area (Å²) < 4.78 is 5.73. The summed E-state index contributed by atoms with van der Waals surface area (Å²) in [5.74, 6) is 0.814. The van der Waals surface area contributed by atoms with Crippen molar-refractivity contribution in [1.82, 2.24) is 14.9 Å². The first-order valence-corrected chi connectivity index (χ1v) is 8.53. The molecule has 134 valence electrons. The van der Waals surface area contributed by atoms with Gasteiger partial charge in [0.2, 0.25) is 5.95 Å². The largest absolute Gasteiger partial charge is 0.494 e. The molecule has 0 aliphatic carbocycles. The molecule has 0 radical (unpaired) electrons. The van der Waals surface area contributed by atoms with Crippen LogP contribution in [-0.4, -0.2) is 41.5 Å². The molecule has 1 heterocycles. The van der Waals surface area contributed by atoms with Crippen molar-refractivity contribution in [2.24, 2.45) is 0 Å². The number of carbonyl (C=O) groups excluding carboxylic acids is 1. The molecule has 2 rings (SSSR count). The van der Waals surface area contributed by atoms with Crippen molar-refractivity contribution in [3.63, 3.8) is 0 Å². The monoisotopic (exact) mass is 342 g/mol. The van der Waals surface area contributed by atoms with Gasteiger partial charge in [-0.1, -0.05) is 19.8 Å². The van der Waals surface area contributed by atoms with Crippen LogP contribution in [-0.2, 0) is 0 Å². The second-order valence-electron chi connectivity index (χ2n) is 6.17. The highest BCUT2D eigenvalue weighted by Gasteiger charge is 2.20. The van der Waals surface area contributed by atoms with Gasteiger partial charge in [-0.2, -0.15) is 0 Å². The summed E-state index contributed by atoms with van der Waals surface area (Å²) >= 11 is 0. The lowest BCUT2D eigenvalue weighted by atomic mass is 10.0. The van der Waals surface area contributed by atoms with E-state index < -0.39 is 0 Å². The van der Waals surface area contributed by atoms with Gasteiger partial charge in [0.1, 0.15) is 5.75 Å². The molecule has 6 nitrogen and oxygen atoms in total. The van der Waals surface area contributed by atoms with E-state index in [0.29, 0.717) is 23.6 Å². The summed E-state index contributed by atoms with van der Waals surface area (Å²) in [5.41, 5.74) is 8.18. The number of nitrogen functional groups attached to an aromatic ring is 1. The minimum absolute atomic E-state index is 0.146. The van der Waals surface area contributed by atoms with Gasteiger partial charge in [-0.25, -0.2) is 9.97 Å². The number of hydrogen-bond donors (Lipinski definition) is 1. The summed E-state index contributed by atoms with van der Waals surface area (Å²) in [4.78, 5) is 22.5. The fraction of sp³-hybridized carbons (Fsp3) is 0.421. The van der Waals surface area contributed by atoms with Gasteiger partial charge in [0.05, 0.1) is 23.6 Å². The molecule has 0 unspecified atom stereocenters. The average Bonchev–Trinajstić information content (AvgIpc) is 2.58. The van der Waals surface area contributed by atoms with Crippen LogP contribution >= 0.6 is 0 Å². The topological polar surface area (TPSA) is 81.3 Å². The number of carbonyl (C=O) groups is 1. The van der Waals surface area contributed by atoms with Crippen molar-refractivity contribution in [3.05, 3.63) is 35.5 Å². The predicted octanol–water partition coefficient (Wildman–Crippen LogP) is 3.31. The SMILES string of the molecule is CCCCCOc1ccc(-c2nc(N)nc(C)c2C(=O)N(C)C)cc1. The molecule has 1 aromatic heterocycles. The highest BCUT2D eigenvalue weighted by Crippen LogP contribution is 2.27. The van der Waals surface area contributed by atoms with E-state index in [-0.39, 0.29) is 11.9 Å². The number of nitrogens with two attached hydrogens (primary N) is 1. The highest BCUT2D eigenvalue weighted by atomic mass is 16.5. The Morgan fingerprint density at radius 2 is 1.84 bits per heavy atom. The van der Waals surface area contributed by atoms with Crippen molar-refractivity contribution in [2.45, 2.75) is 33.1 Å². The van der Waals surface area contributed by atoms with Crippen molar-refractivity contribution >= 4 is 11.9 Å². The van der Waals surface area contributed by atoms with Crippen molar-refractivity contribution in [3.8, 4) is 17.0 Å². The van der Waals surface area contributed by atoms with Crippen LogP contribution in [0.25, 0.3) is 11.3 Å². The Bertz CT molecular complexity index is 727. The second-order valence-corrected chi connectivity index (χ2v) is 6.17. The number of aromatic nitrogens is 2. The quantitative estimate of drug-likeness (QED) is 0.781. The minimum Gasteiger partial charge on any atom is -0.494 e. The van der Waals surface area contributed by atoms with Gasteiger partial charge in [-0.05, 0) is 37.6 Å². The molecule has 0 aliphatic heterocycles. The molecule has 0 atom stereocenters. The second kappa shape index (κ2) is 8.46. The van der Waals surface area contributed by atoms with Crippen LogP contribution in [0.5, 0.6) is 5.75 Å². The van der Waals surface area contributed by atoms with E-state index in [1.165, 1.54) is 11.3 Å². The molecule has 2 N–H and O–H groups in total. The fourth-order valence-electron chi connectivity index (χ4n) is 2.53. The molecule has 25 heavy (non-hydrogen) atoms. The van der Waals surface area contributed by atoms with Gasteiger partial charge in [-0.3, -0.25) is 4.79 Å². The van der Waals surface area contributed by atoms with E-state index in [0.717, 1.165) is 24.2 Å². The lowest BCUT2D eigenvalue weighted by Gasteiger charge is -2.16. The fourth-order valence-corrected chi connectivity index (χ4v) is 2.53. The number of amides is 1. The zero-order chi connectivity index (χ0) is 18.4. The van der Waals surface area contributed by atoms with Crippen LogP contribution in [0, 0.1) is 6.92 Å². The number of nitrogens with zero attached hydrogens (tertiary/aromatic N) is 3. The van der Waals surface area contributed by atoms with Gasteiger partial charge >= 0.3 is 0 Å². The van der Waals surface area contributed by atoms with E-state index in [4.69, 9.17) is 10.5 Å². The Kier molecular flexibility index (Phi) is 6.33. The first-order chi connectivity index (χ1) is 11.9. The van der Waals surface area contributed by atoms with Crippen molar-refractivity contribution < 1.29 is 9.53 Å². The third kappa shape index (κ3) is 4.68. The molecule has 1 aromatic carbocycles. The van der Waals surface area contributed by atoms with Gasteiger partial charge in [0.25, 0.3) is 5.91 Å². The lowest BCUT2D eigenvalue weighted by Crippen LogP contribution is -2.24. The van der Waals surface area contributed by atoms with Crippen LogP contribution < -0.4 is 10.5 Å². The summed E-state index contributed by atoms with van der Waals surface area (Å²) in [5, 5.41) is 0. The normalized spacial score (nSPS) is 10.6. The third-order valence-corrected chi connectivity index (χ3v) is 3.87. The molecule has 0 spiro atoms. The van der Waals surface area contributed by atoms with Crippen LogP contribution in [0.2, 0.25) is 0 Å². The molecule has 0 saturated heterocycles. The summed E-state index contributed by atoms with van der Waals surface area (Å²) in [7, 11) is 3.41. The van der Waals surface area contributed by atoms with Crippen molar-refractivity contribution in [2.75, 3.05) is 26.4 Å². The van der Waals surface area contributed by atoms with Gasteiger partial charge in [0, 0.05) is 19.7 Å². The summed E-state index contributed by atoms with van der Waals surface area (Å²) in [6, 6.07) is 7.56. The Labute approximate surface area is 149 Å². The number of hydrogen-bond acceptors (Lipinski definition) is 5. The molecule has 6 heteroatoms. The van der Waals surface area contributed by atoms with E-state index in [1.807, 2.05) is 24.3 Å². The molecule has 0 aliphatic rings. The standard InChI is InChI=1S/C19H26N4O2/c1-5-6-7-12-25-15-10-8-14(9-11-15)17-16(18(24)23(3)4)13(2)21-19(20)22-17/h8-11H,5-7,12H2,1-4H3,(H2,20,21,22). The van der Waals surface area contributed by atoms with Crippen LogP contribution in [0.15, 0.2) is 24.3 Å². The smallest absolute Gasteiger partial charge is 0.257 e. The molecular weight excluding hydrogens is 316 g/mol. The Balaban J connectivity index is 2.30. The van der Waals surface area contributed by atoms with Gasteiger partial charge < -0.3 is 15.4 Å². The zero-order valence-electron chi connectivity index (χ0n) is 15.4. The van der Waals surface area contributed by atoms with Crippen LogP contribution in [0.4, 0.5) is 5.95 Å². The molecule has 1 amide bonds. The maximum absolute atomic E-state index is 12.5. The van der Waals surface area contributed by atoms with E-state index >= 15 is 0 Å². The zero-order valence-corrected chi connectivity index (χ0v) is 15.4. The Morgan fingerprint density at radius 1 is 1.16 bits per heavy atom. The summed E-state index contributed by atoms with van der Waals surface area (Å²) in [6.07, 6.45) is 3.37. The molecular formula is C19H26N4O2. The van der Waals surface area contributed by atoms with Crippen LogP contribution in [0.1, 0.15) is 42.2 Å². The molecule has 2 aromatic rings. The third-order valence-electron chi connectivity index (χ3n) is 3.87. The van der Waals surface area contributed by atoms with Crippen molar-refractivity contribution in [1.29, 1.82) is 0 Å². The number of rotatable bonds is 7. The van der Waals surface area contributed by atoms with E-state index in [2.05, 4.69) is 16.9 Å². The Morgan fingerprint density at radius 3 is 2.44 bits per heavy atom. The maximum Gasteiger partial charge on any atom is 0.257 e.